The van der Waals surface area contributed by atoms with E-state index < -0.39 is 0 Å². The van der Waals surface area contributed by atoms with Gasteiger partial charge in [0.15, 0.2) is 5.79 Å². The smallest absolute Gasteiger partial charge is 0.232 e. The fourth-order valence-corrected chi connectivity index (χ4v) is 13.9. The number of nitrogens with zero attached hydrogens (tertiary/aromatic N) is 3. The topological polar surface area (TPSA) is 74.4 Å². The molecule has 0 aromatic carbocycles. The maximum absolute atomic E-state index is 13.2. The van der Waals surface area contributed by atoms with Gasteiger partial charge < -0.3 is 24.6 Å². The van der Waals surface area contributed by atoms with Crippen LogP contribution in [-0.4, -0.2) is 103 Å². The minimum Gasteiger partial charge on any atom is -0.353 e. The zero-order valence-electron chi connectivity index (χ0n) is 31.6. The lowest BCUT2D eigenvalue weighted by molar-refractivity contribution is -0.273. The largest absolute Gasteiger partial charge is 0.353 e. The summed E-state index contributed by atoms with van der Waals surface area (Å²) in [7, 11) is 0. The Labute approximate surface area is 297 Å². The molecule has 4 heterocycles. The Hall–Kier alpha value is -1.22. The number of ether oxygens (including phenoxy) is 2. The summed E-state index contributed by atoms with van der Waals surface area (Å²) >= 11 is 0. The van der Waals surface area contributed by atoms with Gasteiger partial charge in [0.2, 0.25) is 11.8 Å². The summed E-state index contributed by atoms with van der Waals surface area (Å²) in [5.74, 6) is 4.41. The van der Waals surface area contributed by atoms with E-state index in [1.165, 1.54) is 44.9 Å². The number of amides is 2. The monoisotopic (exact) mass is 681 g/mol. The molecule has 0 aromatic rings. The Balaban J connectivity index is 0.822. The molecule has 12 atom stereocenters. The molecule has 1 unspecified atom stereocenters. The van der Waals surface area contributed by atoms with Crippen LogP contribution < -0.4 is 5.32 Å². The SMILES string of the molecule is CCN1CCN(C2CCN(C(=O)CC(=O)N[C@H]3CC[C@]4(C)C5CC[C@]6(C)[C@@H]7[C@H](C[C@H]6[C@@H]5CC[C@@H]4C3)O[C@]3(CC[C@H](C)CO3)[C@H]7C)CC2)CC1. The third-order valence-electron chi connectivity index (χ3n) is 16.8. The molecule has 8 heteroatoms. The normalized spacial score (nSPS) is 47.7. The summed E-state index contributed by atoms with van der Waals surface area (Å²) in [6.45, 7) is 20.4. The van der Waals surface area contributed by atoms with Crippen LogP contribution in [0.15, 0.2) is 0 Å². The maximum atomic E-state index is 13.2. The molecule has 1 N–H and O–H groups in total. The Morgan fingerprint density at radius 3 is 2.29 bits per heavy atom. The number of rotatable bonds is 5. The minimum absolute atomic E-state index is 0.0113. The number of likely N-dealkylation sites (N-methyl/N-ethyl adjacent to an activating group) is 1. The van der Waals surface area contributed by atoms with Crippen molar-refractivity contribution >= 4 is 11.8 Å². The third kappa shape index (κ3) is 6.02. The molecule has 4 saturated heterocycles. The number of piperazine rings is 1. The van der Waals surface area contributed by atoms with Gasteiger partial charge in [0, 0.05) is 63.7 Å². The van der Waals surface area contributed by atoms with Gasteiger partial charge in [-0.25, -0.2) is 0 Å². The zero-order valence-corrected chi connectivity index (χ0v) is 31.6. The first kappa shape index (κ1) is 34.8. The molecule has 4 aliphatic carbocycles. The molecule has 276 valence electrons. The quantitative estimate of drug-likeness (QED) is 0.363. The van der Waals surface area contributed by atoms with Crippen LogP contribution >= 0.6 is 0 Å². The van der Waals surface area contributed by atoms with Crippen LogP contribution in [0, 0.1) is 52.3 Å². The van der Waals surface area contributed by atoms with E-state index in [0.717, 1.165) is 102 Å². The van der Waals surface area contributed by atoms with Gasteiger partial charge in [0.25, 0.3) is 0 Å². The summed E-state index contributed by atoms with van der Waals surface area (Å²) < 4.78 is 13.6. The van der Waals surface area contributed by atoms with Crippen molar-refractivity contribution in [2.75, 3.05) is 52.4 Å². The van der Waals surface area contributed by atoms with Crippen molar-refractivity contribution in [3.8, 4) is 0 Å². The van der Waals surface area contributed by atoms with E-state index in [1.54, 1.807) is 0 Å². The van der Waals surface area contributed by atoms with Crippen LogP contribution in [0.4, 0.5) is 0 Å². The van der Waals surface area contributed by atoms with Gasteiger partial charge in [0.05, 0.1) is 12.7 Å². The molecule has 8 fully saturated rings. The standard InChI is InChI=1S/C41H68N4O4/c1-6-43-19-21-44(22-20-43)31-12-17-45(18-13-31)37(47)25-36(46)42-30-10-14-39(4)29(23-30)7-8-32-33(39)11-15-40(5)34(32)24-35-38(40)28(3)41(49-35)16-9-27(2)26-48-41/h27-35,38H,6-26H2,1-5H3,(H,42,46)/t27-,28-,29+,30-,32+,33?,34-,35-,38-,39-,40-,41+/m0/s1. The van der Waals surface area contributed by atoms with E-state index in [4.69, 9.17) is 9.47 Å². The average Bonchev–Trinajstić information content (AvgIpc) is 3.55. The Morgan fingerprint density at radius 2 is 1.57 bits per heavy atom. The predicted octanol–water partition coefficient (Wildman–Crippen LogP) is 5.94. The van der Waals surface area contributed by atoms with Gasteiger partial charge in [-0.1, -0.05) is 34.6 Å². The summed E-state index contributed by atoms with van der Waals surface area (Å²) in [5, 5.41) is 3.36. The molecule has 0 radical (unpaired) electrons. The highest BCUT2D eigenvalue weighted by atomic mass is 16.7. The molecule has 8 nitrogen and oxygen atoms in total. The number of carbonyl (C=O) groups is 2. The number of hydrogen-bond donors (Lipinski definition) is 1. The maximum Gasteiger partial charge on any atom is 0.232 e. The molecule has 0 aromatic heterocycles. The lowest BCUT2D eigenvalue weighted by Crippen LogP contribution is -2.56. The molecular weight excluding hydrogens is 612 g/mol. The number of piperidine rings is 1. The predicted molar refractivity (Wildman–Crippen MR) is 192 cm³/mol. The van der Waals surface area contributed by atoms with Crippen molar-refractivity contribution < 1.29 is 19.1 Å². The molecule has 2 amide bonds. The van der Waals surface area contributed by atoms with Gasteiger partial charge >= 0.3 is 0 Å². The lowest BCUT2D eigenvalue weighted by atomic mass is 9.44. The number of fused-ring (bicyclic) bond motifs is 7. The van der Waals surface area contributed by atoms with Crippen LogP contribution in [0.1, 0.15) is 118 Å². The molecule has 4 saturated carbocycles. The second-order valence-electron chi connectivity index (χ2n) is 19.0. The van der Waals surface area contributed by atoms with Crippen LogP contribution in [0.3, 0.4) is 0 Å². The fraction of sp³-hybridized carbons (Fsp3) is 0.951. The van der Waals surface area contributed by atoms with Crippen LogP contribution in [0.25, 0.3) is 0 Å². The highest BCUT2D eigenvalue weighted by Crippen LogP contribution is 2.71. The molecule has 1 spiro atoms. The van der Waals surface area contributed by atoms with E-state index in [2.05, 4.69) is 49.7 Å². The van der Waals surface area contributed by atoms with Gasteiger partial charge in [-0.05, 0) is 124 Å². The molecule has 49 heavy (non-hydrogen) atoms. The molecular formula is C41H68N4O4. The number of carbonyl (C=O) groups excluding carboxylic acids is 2. The summed E-state index contributed by atoms with van der Waals surface area (Å²) in [4.78, 5) is 33.5. The summed E-state index contributed by atoms with van der Waals surface area (Å²) in [6, 6.07) is 0.796. The molecule has 8 rings (SSSR count). The van der Waals surface area contributed by atoms with Crippen molar-refractivity contribution in [3.05, 3.63) is 0 Å². The molecule has 4 aliphatic heterocycles. The van der Waals surface area contributed by atoms with Gasteiger partial charge in [0.1, 0.15) is 6.42 Å². The molecule has 8 aliphatic rings. The van der Waals surface area contributed by atoms with E-state index in [1.807, 2.05) is 4.90 Å². The number of nitrogens with one attached hydrogen (secondary N) is 1. The average molecular weight is 681 g/mol. The minimum atomic E-state index is -0.329. The van der Waals surface area contributed by atoms with Crippen LogP contribution in [-0.2, 0) is 19.1 Å². The van der Waals surface area contributed by atoms with E-state index >= 15 is 0 Å². The van der Waals surface area contributed by atoms with E-state index in [9.17, 15) is 9.59 Å². The van der Waals surface area contributed by atoms with Gasteiger partial charge in [-0.3, -0.25) is 14.5 Å². The van der Waals surface area contributed by atoms with Crippen molar-refractivity contribution in [3.63, 3.8) is 0 Å². The summed E-state index contributed by atoms with van der Waals surface area (Å²) in [5.41, 5.74) is 0.727. The van der Waals surface area contributed by atoms with Crippen molar-refractivity contribution in [2.24, 2.45) is 52.3 Å². The molecule has 0 bridgehead atoms. The Morgan fingerprint density at radius 1 is 0.816 bits per heavy atom. The number of hydrogen-bond acceptors (Lipinski definition) is 6. The first-order chi connectivity index (χ1) is 23.5. The number of likely N-dealkylation sites (tertiary alicyclic amines) is 1. The second-order valence-corrected chi connectivity index (χ2v) is 19.0. The first-order valence-electron chi connectivity index (χ1n) is 20.9. The Kier molecular flexibility index (Phi) is 9.47. The first-order valence-corrected chi connectivity index (χ1v) is 20.9. The van der Waals surface area contributed by atoms with E-state index in [-0.39, 0.29) is 30.1 Å². The third-order valence-corrected chi connectivity index (χ3v) is 16.8. The van der Waals surface area contributed by atoms with Crippen molar-refractivity contribution in [2.45, 2.75) is 142 Å². The lowest BCUT2D eigenvalue weighted by Gasteiger charge is -2.61. The van der Waals surface area contributed by atoms with Gasteiger partial charge in [-0.2, -0.15) is 0 Å². The zero-order chi connectivity index (χ0) is 34.1. The van der Waals surface area contributed by atoms with Crippen molar-refractivity contribution in [1.82, 2.24) is 20.0 Å². The van der Waals surface area contributed by atoms with Gasteiger partial charge in [-0.15, -0.1) is 0 Å². The highest BCUT2D eigenvalue weighted by Gasteiger charge is 2.69. The highest BCUT2D eigenvalue weighted by molar-refractivity contribution is 5.97. The Bertz CT molecular complexity index is 1220. The second kappa shape index (κ2) is 13.3. The van der Waals surface area contributed by atoms with Crippen LogP contribution in [0.2, 0.25) is 0 Å². The fourth-order valence-electron chi connectivity index (χ4n) is 13.9. The van der Waals surface area contributed by atoms with Crippen LogP contribution in [0.5, 0.6) is 0 Å². The van der Waals surface area contributed by atoms with Crippen molar-refractivity contribution in [1.29, 1.82) is 0 Å². The van der Waals surface area contributed by atoms with E-state index in [0.29, 0.717) is 46.6 Å². The summed E-state index contributed by atoms with van der Waals surface area (Å²) in [6.07, 6.45) is 14.6.